The summed E-state index contributed by atoms with van der Waals surface area (Å²) in [5.41, 5.74) is 3.83. The summed E-state index contributed by atoms with van der Waals surface area (Å²) < 4.78 is 0. The summed E-state index contributed by atoms with van der Waals surface area (Å²) in [5, 5.41) is 5.80. The fourth-order valence-electron chi connectivity index (χ4n) is 2.50. The lowest BCUT2D eigenvalue weighted by Crippen LogP contribution is -2.44. The van der Waals surface area contributed by atoms with Gasteiger partial charge in [-0.3, -0.25) is 14.5 Å². The lowest BCUT2D eigenvalue weighted by Gasteiger charge is -2.30. The van der Waals surface area contributed by atoms with E-state index in [0.717, 1.165) is 22.5 Å². The Hall–Kier alpha value is -2.89. The maximum Gasteiger partial charge on any atom is 0.246 e. The zero-order valence-corrected chi connectivity index (χ0v) is 13.1. The fraction of sp³-hybridized carbons (Fsp3) is 0.235. The monoisotopic (exact) mass is 310 g/mol. The molecule has 0 bridgehead atoms. The number of aryl methyl sites for hydroxylation is 2. The molecule has 0 saturated carbocycles. The number of nitrogens with zero attached hydrogens (tertiary/aromatic N) is 2. The fourth-order valence-corrected chi connectivity index (χ4v) is 2.50. The van der Waals surface area contributed by atoms with Crippen molar-refractivity contribution in [1.29, 1.82) is 0 Å². The van der Waals surface area contributed by atoms with Gasteiger partial charge in [0.1, 0.15) is 12.4 Å². The molecule has 23 heavy (non-hydrogen) atoms. The minimum absolute atomic E-state index is 0.0351. The van der Waals surface area contributed by atoms with Crippen molar-refractivity contribution >= 4 is 29.0 Å². The molecule has 0 spiro atoms. The average Bonchev–Trinajstić information content (AvgIpc) is 2.53. The highest BCUT2D eigenvalue weighted by atomic mass is 16.2. The van der Waals surface area contributed by atoms with E-state index in [-0.39, 0.29) is 24.9 Å². The largest absolute Gasteiger partial charge is 0.374 e. The van der Waals surface area contributed by atoms with Gasteiger partial charge < -0.3 is 10.6 Å². The Labute approximate surface area is 134 Å². The molecule has 3 rings (SSSR count). The van der Waals surface area contributed by atoms with Crippen LogP contribution in [-0.2, 0) is 9.59 Å². The van der Waals surface area contributed by atoms with Crippen LogP contribution < -0.4 is 15.5 Å². The van der Waals surface area contributed by atoms with Gasteiger partial charge in [0.05, 0.1) is 17.9 Å². The van der Waals surface area contributed by atoms with Crippen molar-refractivity contribution in [2.75, 3.05) is 28.6 Å². The molecule has 2 aromatic rings. The number of aromatic nitrogens is 1. The van der Waals surface area contributed by atoms with Gasteiger partial charge >= 0.3 is 0 Å². The third kappa shape index (κ3) is 3.15. The number of pyridine rings is 1. The van der Waals surface area contributed by atoms with E-state index < -0.39 is 0 Å². The SMILES string of the molecule is Cc1cc2c(cc1C)N(CC(=O)Nc1ccccn1)C(=O)CN2. The number of anilines is 3. The second kappa shape index (κ2) is 6.08. The summed E-state index contributed by atoms with van der Waals surface area (Å²) in [6, 6.07) is 9.21. The Bertz CT molecular complexity index is 759. The van der Waals surface area contributed by atoms with Gasteiger partial charge in [0.2, 0.25) is 11.8 Å². The quantitative estimate of drug-likeness (QED) is 0.910. The van der Waals surface area contributed by atoms with Crippen LogP contribution in [0.5, 0.6) is 0 Å². The number of amides is 2. The highest BCUT2D eigenvalue weighted by Crippen LogP contribution is 2.32. The van der Waals surface area contributed by atoms with Gasteiger partial charge in [0, 0.05) is 6.20 Å². The molecule has 0 unspecified atom stereocenters. The number of carbonyl (C=O) groups is 2. The Morgan fingerprint density at radius 1 is 1.30 bits per heavy atom. The zero-order chi connectivity index (χ0) is 16.4. The maximum absolute atomic E-state index is 12.2. The first-order valence-electron chi connectivity index (χ1n) is 7.41. The minimum Gasteiger partial charge on any atom is -0.374 e. The van der Waals surface area contributed by atoms with Gasteiger partial charge in [-0.1, -0.05) is 6.07 Å². The number of nitrogens with one attached hydrogen (secondary N) is 2. The van der Waals surface area contributed by atoms with Gasteiger partial charge in [-0.2, -0.15) is 0 Å². The Balaban J connectivity index is 1.81. The molecular formula is C17H18N4O2. The van der Waals surface area contributed by atoms with E-state index in [0.29, 0.717) is 5.82 Å². The summed E-state index contributed by atoms with van der Waals surface area (Å²) in [7, 11) is 0. The molecule has 6 heteroatoms. The molecule has 6 nitrogen and oxygen atoms in total. The van der Waals surface area contributed by atoms with E-state index in [2.05, 4.69) is 15.6 Å². The second-order valence-electron chi connectivity index (χ2n) is 5.55. The van der Waals surface area contributed by atoms with Gasteiger partial charge in [-0.15, -0.1) is 0 Å². The van der Waals surface area contributed by atoms with Crippen molar-refractivity contribution in [2.24, 2.45) is 0 Å². The zero-order valence-electron chi connectivity index (χ0n) is 13.1. The summed E-state index contributed by atoms with van der Waals surface area (Å²) in [6.45, 7) is 4.16. The normalized spacial score (nSPS) is 13.3. The van der Waals surface area contributed by atoms with E-state index in [1.54, 1.807) is 24.4 Å². The van der Waals surface area contributed by atoms with Crippen LogP contribution in [0.3, 0.4) is 0 Å². The topological polar surface area (TPSA) is 74.3 Å². The molecule has 2 N–H and O–H groups in total. The van der Waals surface area contributed by atoms with Gasteiger partial charge in [0.25, 0.3) is 0 Å². The molecule has 1 aliphatic heterocycles. The lowest BCUT2D eigenvalue weighted by molar-refractivity contribution is -0.120. The van der Waals surface area contributed by atoms with Crippen molar-refractivity contribution in [1.82, 2.24) is 4.98 Å². The smallest absolute Gasteiger partial charge is 0.246 e. The Kier molecular flexibility index (Phi) is 3.97. The number of benzene rings is 1. The van der Waals surface area contributed by atoms with Crippen LogP contribution in [0.25, 0.3) is 0 Å². The molecule has 0 radical (unpaired) electrons. The summed E-state index contributed by atoms with van der Waals surface area (Å²) in [4.78, 5) is 30.0. The first-order valence-corrected chi connectivity index (χ1v) is 7.41. The highest BCUT2D eigenvalue weighted by Gasteiger charge is 2.26. The van der Waals surface area contributed by atoms with Crippen LogP contribution in [0.15, 0.2) is 36.5 Å². The summed E-state index contributed by atoms with van der Waals surface area (Å²) in [5.74, 6) is 0.0699. The van der Waals surface area contributed by atoms with Crippen LogP contribution >= 0.6 is 0 Å². The minimum atomic E-state index is -0.275. The number of fused-ring (bicyclic) bond motifs is 1. The highest BCUT2D eigenvalue weighted by molar-refractivity contribution is 6.07. The summed E-state index contributed by atoms with van der Waals surface area (Å²) in [6.07, 6.45) is 1.60. The van der Waals surface area contributed by atoms with Crippen LogP contribution in [0, 0.1) is 13.8 Å². The molecule has 0 atom stereocenters. The molecule has 2 heterocycles. The Morgan fingerprint density at radius 3 is 2.83 bits per heavy atom. The summed E-state index contributed by atoms with van der Waals surface area (Å²) >= 11 is 0. The molecule has 2 amide bonds. The van der Waals surface area contributed by atoms with Crippen molar-refractivity contribution in [2.45, 2.75) is 13.8 Å². The van der Waals surface area contributed by atoms with Crippen molar-refractivity contribution in [3.63, 3.8) is 0 Å². The molecule has 1 aromatic carbocycles. The number of rotatable bonds is 3. The van der Waals surface area contributed by atoms with Crippen molar-refractivity contribution in [3.05, 3.63) is 47.7 Å². The average molecular weight is 310 g/mol. The van der Waals surface area contributed by atoms with E-state index >= 15 is 0 Å². The van der Waals surface area contributed by atoms with Gasteiger partial charge in [-0.05, 0) is 49.2 Å². The van der Waals surface area contributed by atoms with Crippen LogP contribution in [-0.4, -0.2) is 29.9 Å². The van der Waals surface area contributed by atoms with Crippen LogP contribution in [0.4, 0.5) is 17.2 Å². The van der Waals surface area contributed by atoms with E-state index in [9.17, 15) is 9.59 Å². The third-order valence-electron chi connectivity index (χ3n) is 3.87. The lowest BCUT2D eigenvalue weighted by atomic mass is 10.1. The predicted molar refractivity (Wildman–Crippen MR) is 89.6 cm³/mol. The van der Waals surface area contributed by atoms with Crippen molar-refractivity contribution in [3.8, 4) is 0 Å². The number of carbonyl (C=O) groups excluding carboxylic acids is 2. The van der Waals surface area contributed by atoms with Crippen LogP contribution in [0.2, 0.25) is 0 Å². The van der Waals surface area contributed by atoms with E-state index in [4.69, 9.17) is 0 Å². The Morgan fingerprint density at radius 2 is 2.09 bits per heavy atom. The molecule has 1 aliphatic rings. The van der Waals surface area contributed by atoms with Gasteiger partial charge in [0.15, 0.2) is 0 Å². The first kappa shape index (κ1) is 15.0. The molecule has 118 valence electrons. The third-order valence-corrected chi connectivity index (χ3v) is 3.87. The molecule has 0 aliphatic carbocycles. The van der Waals surface area contributed by atoms with Crippen LogP contribution in [0.1, 0.15) is 11.1 Å². The van der Waals surface area contributed by atoms with Crippen molar-refractivity contribution < 1.29 is 9.59 Å². The molecule has 0 fully saturated rings. The number of hydrogen-bond donors (Lipinski definition) is 2. The molecular weight excluding hydrogens is 292 g/mol. The van der Waals surface area contributed by atoms with E-state index in [1.165, 1.54) is 4.90 Å². The standard InChI is InChI=1S/C17H18N4O2/c1-11-7-13-14(8-12(11)2)21(17(23)9-19-13)10-16(22)20-15-5-3-4-6-18-15/h3-8,19H,9-10H2,1-2H3,(H,18,20,22). The first-order chi connectivity index (χ1) is 11.0. The molecule has 1 aromatic heterocycles. The van der Waals surface area contributed by atoms with Gasteiger partial charge in [-0.25, -0.2) is 4.98 Å². The predicted octanol–water partition coefficient (Wildman–Crippen LogP) is 2.10. The van der Waals surface area contributed by atoms with E-state index in [1.807, 2.05) is 26.0 Å². The second-order valence-corrected chi connectivity index (χ2v) is 5.55. The molecule has 0 saturated heterocycles. The number of hydrogen-bond acceptors (Lipinski definition) is 4. The maximum atomic E-state index is 12.2.